The molecular formula is C19H13FN4O. The van der Waals surface area contributed by atoms with Crippen LogP contribution in [0.4, 0.5) is 4.39 Å². The van der Waals surface area contributed by atoms with Gasteiger partial charge in [0.15, 0.2) is 0 Å². The summed E-state index contributed by atoms with van der Waals surface area (Å²) in [6, 6.07) is 12.1. The minimum absolute atomic E-state index is 0.272. The van der Waals surface area contributed by atoms with E-state index in [9.17, 15) is 4.39 Å². The van der Waals surface area contributed by atoms with E-state index in [0.717, 1.165) is 11.0 Å². The van der Waals surface area contributed by atoms with Crippen molar-refractivity contribution in [3.8, 4) is 22.9 Å². The summed E-state index contributed by atoms with van der Waals surface area (Å²) in [6.07, 6.45) is 4.66. The molecule has 0 aliphatic heterocycles. The number of rotatable bonds is 3. The molecule has 0 saturated carbocycles. The molecule has 0 radical (unpaired) electrons. The lowest BCUT2D eigenvalue weighted by Gasteiger charge is -2.07. The third-order valence-electron chi connectivity index (χ3n) is 3.77. The van der Waals surface area contributed by atoms with Gasteiger partial charge >= 0.3 is 0 Å². The van der Waals surface area contributed by atoms with Crippen LogP contribution in [0.2, 0.25) is 0 Å². The molecule has 25 heavy (non-hydrogen) atoms. The maximum atomic E-state index is 13.8. The average molecular weight is 332 g/mol. The van der Waals surface area contributed by atoms with Gasteiger partial charge in [-0.2, -0.15) is 0 Å². The maximum Gasteiger partial charge on any atom is 0.222 e. The van der Waals surface area contributed by atoms with Crippen LogP contribution in [0, 0.1) is 12.7 Å². The van der Waals surface area contributed by atoms with E-state index in [1.54, 1.807) is 43.6 Å². The lowest BCUT2D eigenvalue weighted by atomic mass is 10.1. The molecule has 4 rings (SSSR count). The second-order valence-corrected chi connectivity index (χ2v) is 5.51. The largest absolute Gasteiger partial charge is 0.439 e. The molecule has 0 saturated heterocycles. The van der Waals surface area contributed by atoms with E-state index in [2.05, 4.69) is 19.9 Å². The zero-order chi connectivity index (χ0) is 17.2. The zero-order valence-electron chi connectivity index (χ0n) is 13.3. The number of hydrogen-bond acceptors (Lipinski definition) is 5. The van der Waals surface area contributed by atoms with Crippen LogP contribution in [0.3, 0.4) is 0 Å². The maximum absolute atomic E-state index is 13.8. The number of aryl methyl sites for hydroxylation is 1. The van der Waals surface area contributed by atoms with Crippen LogP contribution in [0.5, 0.6) is 11.6 Å². The van der Waals surface area contributed by atoms with Crippen molar-refractivity contribution in [2.45, 2.75) is 6.92 Å². The molecule has 2 heterocycles. The zero-order valence-corrected chi connectivity index (χ0v) is 13.3. The summed E-state index contributed by atoms with van der Waals surface area (Å²) in [4.78, 5) is 16.8. The van der Waals surface area contributed by atoms with E-state index < -0.39 is 0 Å². The number of hydrogen-bond donors (Lipinski definition) is 0. The quantitative estimate of drug-likeness (QED) is 0.559. The van der Waals surface area contributed by atoms with Gasteiger partial charge in [0.25, 0.3) is 0 Å². The van der Waals surface area contributed by atoms with E-state index in [4.69, 9.17) is 4.74 Å². The Bertz CT molecular complexity index is 1070. The van der Waals surface area contributed by atoms with Crippen LogP contribution in [-0.2, 0) is 0 Å². The molecule has 0 N–H and O–H groups in total. The molecule has 0 fully saturated rings. The van der Waals surface area contributed by atoms with Crippen molar-refractivity contribution < 1.29 is 9.13 Å². The normalized spacial score (nSPS) is 10.8. The molecular weight excluding hydrogens is 319 g/mol. The summed E-state index contributed by atoms with van der Waals surface area (Å²) in [5, 5.41) is 0. The fourth-order valence-electron chi connectivity index (χ4n) is 2.43. The van der Waals surface area contributed by atoms with Crippen LogP contribution in [0.15, 0.2) is 61.2 Å². The van der Waals surface area contributed by atoms with Crippen molar-refractivity contribution in [2.24, 2.45) is 0 Å². The van der Waals surface area contributed by atoms with Gasteiger partial charge in [-0.1, -0.05) is 12.1 Å². The highest BCUT2D eigenvalue weighted by Gasteiger charge is 2.07. The smallest absolute Gasteiger partial charge is 0.222 e. The van der Waals surface area contributed by atoms with Gasteiger partial charge in [0, 0.05) is 30.1 Å². The Labute approximate surface area is 143 Å². The molecule has 0 aliphatic rings. The lowest BCUT2D eigenvalue weighted by Crippen LogP contribution is -1.93. The predicted molar refractivity (Wildman–Crippen MR) is 91.8 cm³/mol. The first-order chi connectivity index (χ1) is 12.2. The lowest BCUT2D eigenvalue weighted by molar-refractivity contribution is 0.462. The fourth-order valence-corrected chi connectivity index (χ4v) is 2.43. The van der Waals surface area contributed by atoms with Crippen LogP contribution in [0.1, 0.15) is 5.56 Å². The Balaban J connectivity index is 1.65. The third-order valence-corrected chi connectivity index (χ3v) is 3.77. The molecule has 0 spiro atoms. The van der Waals surface area contributed by atoms with Crippen LogP contribution in [0.25, 0.3) is 22.3 Å². The van der Waals surface area contributed by atoms with Crippen molar-refractivity contribution in [3.05, 3.63) is 72.6 Å². The summed E-state index contributed by atoms with van der Waals surface area (Å²) in [5.41, 5.74) is 3.36. The highest BCUT2D eigenvalue weighted by molar-refractivity contribution is 5.75. The Kier molecular flexibility index (Phi) is 3.78. The number of halogens is 1. The minimum Gasteiger partial charge on any atom is -0.439 e. The van der Waals surface area contributed by atoms with Crippen molar-refractivity contribution in [3.63, 3.8) is 0 Å². The van der Waals surface area contributed by atoms with Crippen molar-refractivity contribution in [1.29, 1.82) is 0 Å². The van der Waals surface area contributed by atoms with Gasteiger partial charge in [-0.25, -0.2) is 14.4 Å². The van der Waals surface area contributed by atoms with E-state index in [1.165, 1.54) is 12.4 Å². The van der Waals surface area contributed by atoms with Crippen molar-refractivity contribution in [2.75, 3.05) is 0 Å². The molecule has 0 amide bonds. The molecule has 0 atom stereocenters. The third kappa shape index (κ3) is 3.14. The number of benzene rings is 2. The molecule has 4 aromatic rings. The van der Waals surface area contributed by atoms with Crippen molar-refractivity contribution in [1.82, 2.24) is 19.9 Å². The van der Waals surface area contributed by atoms with Gasteiger partial charge in [-0.15, -0.1) is 0 Å². The van der Waals surface area contributed by atoms with Gasteiger partial charge in [0.2, 0.25) is 5.88 Å². The molecule has 0 aliphatic carbocycles. The second-order valence-electron chi connectivity index (χ2n) is 5.51. The first-order valence-electron chi connectivity index (χ1n) is 7.66. The first kappa shape index (κ1) is 15.1. The van der Waals surface area contributed by atoms with Gasteiger partial charge in [0.1, 0.15) is 17.9 Å². The van der Waals surface area contributed by atoms with E-state index in [-0.39, 0.29) is 5.82 Å². The standard InChI is InChI=1S/C19H13FN4O/c1-12-2-3-13(8-15(12)20)17-10-19(24-11-23-17)25-14-4-5-16-18(9-14)22-7-6-21-16/h2-11H,1H3. The Morgan fingerprint density at radius 1 is 0.840 bits per heavy atom. The number of ether oxygens (including phenoxy) is 1. The Hall–Kier alpha value is -3.41. The molecule has 6 heteroatoms. The SMILES string of the molecule is Cc1ccc(-c2cc(Oc3ccc4nccnc4c3)ncn2)cc1F. The Morgan fingerprint density at radius 3 is 2.52 bits per heavy atom. The van der Waals surface area contributed by atoms with E-state index in [1.807, 2.05) is 12.1 Å². The minimum atomic E-state index is -0.272. The van der Waals surface area contributed by atoms with Gasteiger partial charge in [-0.3, -0.25) is 9.97 Å². The average Bonchev–Trinajstić information content (AvgIpc) is 2.64. The van der Waals surface area contributed by atoms with Gasteiger partial charge < -0.3 is 4.74 Å². The van der Waals surface area contributed by atoms with Crippen LogP contribution >= 0.6 is 0 Å². The monoisotopic (exact) mass is 332 g/mol. The number of aromatic nitrogens is 4. The first-order valence-corrected chi connectivity index (χ1v) is 7.66. The highest BCUT2D eigenvalue weighted by atomic mass is 19.1. The molecule has 2 aromatic heterocycles. The van der Waals surface area contributed by atoms with Crippen LogP contribution in [-0.4, -0.2) is 19.9 Å². The van der Waals surface area contributed by atoms with E-state index >= 15 is 0 Å². The topological polar surface area (TPSA) is 60.8 Å². The summed E-state index contributed by atoms with van der Waals surface area (Å²) in [6.45, 7) is 1.72. The van der Waals surface area contributed by atoms with Crippen molar-refractivity contribution >= 4 is 11.0 Å². The van der Waals surface area contributed by atoms with Gasteiger partial charge in [-0.05, 0) is 30.7 Å². The van der Waals surface area contributed by atoms with Gasteiger partial charge in [0.05, 0.1) is 16.7 Å². The highest BCUT2D eigenvalue weighted by Crippen LogP contribution is 2.26. The summed E-state index contributed by atoms with van der Waals surface area (Å²) in [7, 11) is 0. The molecule has 0 unspecified atom stereocenters. The summed E-state index contributed by atoms with van der Waals surface area (Å²) >= 11 is 0. The summed E-state index contributed by atoms with van der Waals surface area (Å²) in [5.74, 6) is 0.689. The second kappa shape index (κ2) is 6.24. The van der Waals surface area contributed by atoms with E-state index in [0.29, 0.717) is 28.5 Å². The molecule has 2 aromatic carbocycles. The summed E-state index contributed by atoms with van der Waals surface area (Å²) < 4.78 is 19.6. The predicted octanol–water partition coefficient (Wildman–Crippen LogP) is 4.33. The Morgan fingerprint density at radius 2 is 1.68 bits per heavy atom. The molecule has 5 nitrogen and oxygen atoms in total. The molecule has 122 valence electrons. The number of nitrogens with zero attached hydrogens (tertiary/aromatic N) is 4. The number of fused-ring (bicyclic) bond motifs is 1. The van der Waals surface area contributed by atoms with Crippen LogP contribution < -0.4 is 4.74 Å². The molecule has 0 bridgehead atoms. The fraction of sp³-hybridized carbons (Fsp3) is 0.0526.